The Morgan fingerprint density at radius 2 is 2.17 bits per heavy atom. The molecule has 0 aliphatic rings. The van der Waals surface area contributed by atoms with E-state index in [0.717, 1.165) is 18.5 Å². The van der Waals surface area contributed by atoms with Gasteiger partial charge in [0.05, 0.1) is 6.42 Å². The first-order valence-electron chi connectivity index (χ1n) is 5.69. The van der Waals surface area contributed by atoms with Gasteiger partial charge in [-0.2, -0.15) is 0 Å². The van der Waals surface area contributed by atoms with Crippen LogP contribution < -0.4 is 5.32 Å². The van der Waals surface area contributed by atoms with E-state index < -0.39 is 5.97 Å². The molecule has 0 atom stereocenters. The van der Waals surface area contributed by atoms with E-state index in [1.54, 1.807) is 6.07 Å². The van der Waals surface area contributed by atoms with Crippen molar-refractivity contribution in [1.29, 1.82) is 0 Å². The van der Waals surface area contributed by atoms with Crippen molar-refractivity contribution >= 4 is 23.5 Å². The first-order valence-corrected chi connectivity index (χ1v) is 6.07. The van der Waals surface area contributed by atoms with E-state index in [-0.39, 0.29) is 24.0 Å². The van der Waals surface area contributed by atoms with Gasteiger partial charge in [-0.25, -0.2) is 4.98 Å². The standard InChI is InChI=1S/C12H15ClN2O3/c1-2-3-9-6-8(7-10(13)15-9)12(18)14-5-4-11(16)17/h6-7H,2-5H2,1H3,(H,14,18)(H,16,17). The molecule has 98 valence electrons. The highest BCUT2D eigenvalue weighted by molar-refractivity contribution is 6.29. The van der Waals surface area contributed by atoms with Crippen molar-refractivity contribution in [2.75, 3.05) is 6.54 Å². The van der Waals surface area contributed by atoms with Crippen molar-refractivity contribution in [2.45, 2.75) is 26.2 Å². The lowest BCUT2D eigenvalue weighted by Gasteiger charge is -2.06. The average Bonchev–Trinajstić information content (AvgIpc) is 2.28. The van der Waals surface area contributed by atoms with Crippen LogP contribution in [0.1, 0.15) is 35.8 Å². The van der Waals surface area contributed by atoms with Crippen molar-refractivity contribution in [3.63, 3.8) is 0 Å². The van der Waals surface area contributed by atoms with Crippen LogP contribution in [0.2, 0.25) is 5.15 Å². The number of aromatic nitrogens is 1. The summed E-state index contributed by atoms with van der Waals surface area (Å²) in [5.74, 6) is -1.28. The summed E-state index contributed by atoms with van der Waals surface area (Å²) < 4.78 is 0. The van der Waals surface area contributed by atoms with Crippen LogP contribution in [0, 0.1) is 0 Å². The van der Waals surface area contributed by atoms with Crippen molar-refractivity contribution in [2.24, 2.45) is 0 Å². The van der Waals surface area contributed by atoms with Crippen LogP contribution in [-0.2, 0) is 11.2 Å². The first kappa shape index (κ1) is 14.4. The number of pyridine rings is 1. The lowest BCUT2D eigenvalue weighted by Crippen LogP contribution is -2.26. The molecular formula is C12H15ClN2O3. The summed E-state index contributed by atoms with van der Waals surface area (Å²) in [6, 6.07) is 3.14. The van der Waals surface area contributed by atoms with Gasteiger partial charge in [-0.3, -0.25) is 9.59 Å². The monoisotopic (exact) mass is 270 g/mol. The summed E-state index contributed by atoms with van der Waals surface area (Å²) in [5.41, 5.74) is 1.16. The van der Waals surface area contributed by atoms with Crippen LogP contribution >= 0.6 is 11.6 Å². The lowest BCUT2D eigenvalue weighted by molar-refractivity contribution is -0.136. The van der Waals surface area contributed by atoms with E-state index in [1.165, 1.54) is 6.07 Å². The van der Waals surface area contributed by atoms with Gasteiger partial charge in [0, 0.05) is 17.8 Å². The number of halogens is 1. The summed E-state index contributed by atoms with van der Waals surface area (Å²) >= 11 is 5.83. The van der Waals surface area contributed by atoms with E-state index in [0.29, 0.717) is 5.56 Å². The highest BCUT2D eigenvalue weighted by Gasteiger charge is 2.09. The second kappa shape index (κ2) is 6.96. The van der Waals surface area contributed by atoms with Gasteiger partial charge >= 0.3 is 5.97 Å². The maximum Gasteiger partial charge on any atom is 0.305 e. The maximum atomic E-state index is 11.7. The third-order valence-electron chi connectivity index (χ3n) is 2.24. The second-order valence-electron chi connectivity index (χ2n) is 3.82. The Morgan fingerprint density at radius 1 is 1.44 bits per heavy atom. The normalized spacial score (nSPS) is 10.1. The van der Waals surface area contributed by atoms with Gasteiger partial charge in [0.2, 0.25) is 0 Å². The minimum atomic E-state index is -0.949. The molecule has 0 aliphatic carbocycles. The van der Waals surface area contributed by atoms with Crippen molar-refractivity contribution in [1.82, 2.24) is 10.3 Å². The molecule has 0 saturated carbocycles. The van der Waals surface area contributed by atoms with Gasteiger partial charge in [-0.05, 0) is 18.6 Å². The molecule has 0 saturated heterocycles. The molecule has 2 N–H and O–H groups in total. The average molecular weight is 271 g/mol. The fraction of sp³-hybridized carbons (Fsp3) is 0.417. The van der Waals surface area contributed by atoms with E-state index in [2.05, 4.69) is 10.3 Å². The molecule has 1 rings (SSSR count). The zero-order valence-electron chi connectivity index (χ0n) is 10.1. The fourth-order valence-electron chi connectivity index (χ4n) is 1.45. The van der Waals surface area contributed by atoms with Gasteiger partial charge in [0.25, 0.3) is 5.91 Å². The zero-order chi connectivity index (χ0) is 13.5. The van der Waals surface area contributed by atoms with Crippen molar-refractivity contribution in [3.8, 4) is 0 Å². The highest BCUT2D eigenvalue weighted by Crippen LogP contribution is 2.12. The molecule has 1 amide bonds. The van der Waals surface area contributed by atoms with Gasteiger partial charge < -0.3 is 10.4 Å². The maximum absolute atomic E-state index is 11.7. The molecule has 0 aromatic carbocycles. The van der Waals surface area contributed by atoms with Crippen LogP contribution in [0.3, 0.4) is 0 Å². The molecule has 1 aromatic heterocycles. The molecule has 18 heavy (non-hydrogen) atoms. The fourth-order valence-corrected chi connectivity index (χ4v) is 1.68. The Balaban J connectivity index is 2.69. The van der Waals surface area contributed by atoms with Crippen molar-refractivity contribution in [3.05, 3.63) is 28.5 Å². The van der Waals surface area contributed by atoms with E-state index in [4.69, 9.17) is 16.7 Å². The van der Waals surface area contributed by atoms with E-state index in [1.807, 2.05) is 6.92 Å². The number of aliphatic carboxylic acids is 1. The molecular weight excluding hydrogens is 256 g/mol. The lowest BCUT2D eigenvalue weighted by atomic mass is 10.1. The number of nitrogens with one attached hydrogen (secondary N) is 1. The number of amides is 1. The number of aryl methyl sites for hydroxylation is 1. The highest BCUT2D eigenvalue weighted by atomic mass is 35.5. The number of carbonyl (C=O) groups excluding carboxylic acids is 1. The third kappa shape index (κ3) is 4.71. The minimum Gasteiger partial charge on any atom is -0.481 e. The summed E-state index contributed by atoms with van der Waals surface area (Å²) in [7, 11) is 0. The number of nitrogens with zero attached hydrogens (tertiary/aromatic N) is 1. The number of carbonyl (C=O) groups is 2. The summed E-state index contributed by atoms with van der Waals surface area (Å²) in [6.45, 7) is 2.10. The molecule has 0 bridgehead atoms. The van der Waals surface area contributed by atoms with Gasteiger partial charge in [-0.15, -0.1) is 0 Å². The van der Waals surface area contributed by atoms with Gasteiger partial charge in [0.15, 0.2) is 0 Å². The molecule has 0 radical (unpaired) electrons. The number of carboxylic acids is 1. The predicted octanol–water partition coefficient (Wildman–Crippen LogP) is 1.89. The number of hydrogen-bond donors (Lipinski definition) is 2. The van der Waals surface area contributed by atoms with Crippen LogP contribution in [0.25, 0.3) is 0 Å². The second-order valence-corrected chi connectivity index (χ2v) is 4.21. The molecule has 1 heterocycles. The Hall–Kier alpha value is -1.62. The predicted molar refractivity (Wildman–Crippen MR) is 67.8 cm³/mol. The Labute approximate surface area is 110 Å². The topological polar surface area (TPSA) is 79.3 Å². The zero-order valence-corrected chi connectivity index (χ0v) is 10.8. The smallest absolute Gasteiger partial charge is 0.305 e. The summed E-state index contributed by atoms with van der Waals surface area (Å²) in [6.07, 6.45) is 1.55. The van der Waals surface area contributed by atoms with Crippen LogP contribution in [-0.4, -0.2) is 28.5 Å². The Morgan fingerprint density at radius 3 is 2.78 bits per heavy atom. The quantitative estimate of drug-likeness (QED) is 0.774. The Kier molecular flexibility index (Phi) is 5.58. The molecule has 5 nitrogen and oxygen atoms in total. The number of hydrogen-bond acceptors (Lipinski definition) is 3. The van der Waals surface area contributed by atoms with E-state index >= 15 is 0 Å². The van der Waals surface area contributed by atoms with Crippen LogP contribution in [0.5, 0.6) is 0 Å². The summed E-state index contributed by atoms with van der Waals surface area (Å²) in [5, 5.41) is 11.3. The minimum absolute atomic E-state index is 0.0945. The van der Waals surface area contributed by atoms with Crippen molar-refractivity contribution < 1.29 is 14.7 Å². The SMILES string of the molecule is CCCc1cc(C(=O)NCCC(=O)O)cc(Cl)n1. The molecule has 0 aliphatic heterocycles. The first-order chi connectivity index (χ1) is 8.52. The van der Waals surface area contributed by atoms with E-state index in [9.17, 15) is 9.59 Å². The van der Waals surface area contributed by atoms with Crippen LogP contribution in [0.4, 0.5) is 0 Å². The number of carboxylic acid groups (broad SMARTS) is 1. The molecule has 0 spiro atoms. The third-order valence-corrected chi connectivity index (χ3v) is 2.43. The van der Waals surface area contributed by atoms with Crippen LogP contribution in [0.15, 0.2) is 12.1 Å². The number of rotatable bonds is 6. The van der Waals surface area contributed by atoms with Gasteiger partial charge in [0.1, 0.15) is 5.15 Å². The molecule has 6 heteroatoms. The molecule has 0 fully saturated rings. The Bertz CT molecular complexity index is 449. The molecule has 0 unspecified atom stereocenters. The largest absolute Gasteiger partial charge is 0.481 e. The van der Waals surface area contributed by atoms with Gasteiger partial charge in [-0.1, -0.05) is 24.9 Å². The summed E-state index contributed by atoms with van der Waals surface area (Å²) in [4.78, 5) is 26.2. The molecule has 1 aromatic rings.